The average Bonchev–Trinajstić information content (AvgIpc) is 2.68. The molecule has 4 atom stereocenters. The van der Waals surface area contributed by atoms with E-state index in [9.17, 15) is 5.11 Å². The van der Waals surface area contributed by atoms with Crippen molar-refractivity contribution in [3.8, 4) is 0 Å². The molecule has 1 fully saturated rings. The Bertz CT molecular complexity index is 365. The SMILES string of the molecule is CC1CC(C)N(CC(C)C(O)c2ccccc2)C1. The van der Waals surface area contributed by atoms with Gasteiger partial charge >= 0.3 is 0 Å². The molecule has 1 N–H and O–H groups in total. The highest BCUT2D eigenvalue weighted by Crippen LogP contribution is 2.27. The highest BCUT2D eigenvalue weighted by molar-refractivity contribution is 5.17. The van der Waals surface area contributed by atoms with Gasteiger partial charge < -0.3 is 10.0 Å². The van der Waals surface area contributed by atoms with E-state index in [0.29, 0.717) is 6.04 Å². The molecule has 0 radical (unpaired) electrons. The van der Waals surface area contributed by atoms with Crippen LogP contribution in [0.25, 0.3) is 0 Å². The number of rotatable bonds is 4. The van der Waals surface area contributed by atoms with Crippen LogP contribution in [0, 0.1) is 11.8 Å². The molecule has 1 aliphatic rings. The van der Waals surface area contributed by atoms with Gasteiger partial charge in [0.25, 0.3) is 0 Å². The average molecular weight is 247 g/mol. The first-order valence-corrected chi connectivity index (χ1v) is 7.05. The Hall–Kier alpha value is -0.860. The second-order valence-electron chi connectivity index (χ2n) is 5.98. The molecular formula is C16H25NO. The standard InChI is InChI=1S/C16H25NO/c1-12-9-14(3)17(10-12)11-13(2)16(18)15-7-5-4-6-8-15/h4-8,12-14,16,18H,9-11H2,1-3H3. The molecule has 100 valence electrons. The van der Waals surface area contributed by atoms with Crippen LogP contribution < -0.4 is 0 Å². The second kappa shape index (κ2) is 5.85. The highest BCUT2D eigenvalue weighted by Gasteiger charge is 2.28. The van der Waals surface area contributed by atoms with Gasteiger partial charge in [-0.2, -0.15) is 0 Å². The molecule has 0 spiro atoms. The summed E-state index contributed by atoms with van der Waals surface area (Å²) in [5.74, 6) is 1.07. The fraction of sp³-hybridized carbons (Fsp3) is 0.625. The molecule has 2 heteroatoms. The maximum absolute atomic E-state index is 10.4. The molecule has 0 saturated carbocycles. The summed E-state index contributed by atoms with van der Waals surface area (Å²) in [5, 5.41) is 10.4. The van der Waals surface area contributed by atoms with Crippen LogP contribution in [0.2, 0.25) is 0 Å². The smallest absolute Gasteiger partial charge is 0.0827 e. The van der Waals surface area contributed by atoms with Crippen LogP contribution in [-0.4, -0.2) is 29.1 Å². The largest absolute Gasteiger partial charge is 0.388 e. The van der Waals surface area contributed by atoms with Gasteiger partial charge in [0.15, 0.2) is 0 Å². The predicted molar refractivity (Wildman–Crippen MR) is 75.4 cm³/mol. The van der Waals surface area contributed by atoms with E-state index < -0.39 is 0 Å². The molecule has 2 rings (SSSR count). The topological polar surface area (TPSA) is 23.5 Å². The van der Waals surface area contributed by atoms with Crippen molar-refractivity contribution in [2.45, 2.75) is 39.3 Å². The number of aliphatic hydroxyl groups is 1. The normalized spacial score (nSPS) is 28.2. The maximum Gasteiger partial charge on any atom is 0.0827 e. The zero-order chi connectivity index (χ0) is 13.1. The van der Waals surface area contributed by atoms with Crippen LogP contribution in [0.3, 0.4) is 0 Å². The van der Waals surface area contributed by atoms with Gasteiger partial charge in [0.1, 0.15) is 0 Å². The van der Waals surface area contributed by atoms with Gasteiger partial charge in [0, 0.05) is 19.1 Å². The molecule has 0 amide bonds. The Kier molecular flexibility index (Phi) is 4.41. The van der Waals surface area contributed by atoms with E-state index in [1.807, 2.05) is 30.3 Å². The summed E-state index contributed by atoms with van der Waals surface area (Å²) in [6, 6.07) is 10.7. The van der Waals surface area contributed by atoms with E-state index in [-0.39, 0.29) is 12.0 Å². The first kappa shape index (κ1) is 13.6. The number of hydrogen-bond donors (Lipinski definition) is 1. The minimum Gasteiger partial charge on any atom is -0.388 e. The lowest BCUT2D eigenvalue weighted by Crippen LogP contribution is -2.33. The lowest BCUT2D eigenvalue weighted by molar-refractivity contribution is 0.0857. The van der Waals surface area contributed by atoms with Gasteiger partial charge in [0.2, 0.25) is 0 Å². The summed E-state index contributed by atoms with van der Waals surface area (Å²) in [6.07, 6.45) is 0.933. The summed E-state index contributed by atoms with van der Waals surface area (Å²) < 4.78 is 0. The van der Waals surface area contributed by atoms with E-state index in [4.69, 9.17) is 0 Å². The Morgan fingerprint density at radius 1 is 1.28 bits per heavy atom. The molecule has 0 aliphatic carbocycles. The quantitative estimate of drug-likeness (QED) is 0.884. The van der Waals surface area contributed by atoms with Gasteiger partial charge in [-0.3, -0.25) is 0 Å². The minimum atomic E-state index is -0.352. The first-order valence-electron chi connectivity index (χ1n) is 7.05. The van der Waals surface area contributed by atoms with Crippen molar-refractivity contribution in [3.05, 3.63) is 35.9 Å². The number of likely N-dealkylation sites (tertiary alicyclic amines) is 1. The zero-order valence-corrected chi connectivity index (χ0v) is 11.7. The maximum atomic E-state index is 10.4. The molecule has 1 saturated heterocycles. The Morgan fingerprint density at radius 2 is 1.94 bits per heavy atom. The van der Waals surface area contributed by atoms with Crippen LogP contribution in [0.15, 0.2) is 30.3 Å². The predicted octanol–water partition coefficient (Wildman–Crippen LogP) is 3.09. The van der Waals surface area contributed by atoms with Gasteiger partial charge in [0.05, 0.1) is 6.10 Å². The Labute approximate surface area is 111 Å². The van der Waals surface area contributed by atoms with E-state index >= 15 is 0 Å². The van der Waals surface area contributed by atoms with E-state index in [0.717, 1.165) is 18.0 Å². The number of nitrogens with zero attached hydrogens (tertiary/aromatic N) is 1. The van der Waals surface area contributed by atoms with Crippen LogP contribution >= 0.6 is 0 Å². The summed E-state index contributed by atoms with van der Waals surface area (Å²) in [6.45, 7) is 8.92. The van der Waals surface area contributed by atoms with Crippen molar-refractivity contribution in [2.24, 2.45) is 11.8 Å². The molecule has 0 aromatic heterocycles. The fourth-order valence-electron chi connectivity index (χ4n) is 3.09. The van der Waals surface area contributed by atoms with Crippen molar-refractivity contribution in [1.29, 1.82) is 0 Å². The second-order valence-corrected chi connectivity index (χ2v) is 5.98. The van der Waals surface area contributed by atoms with Crippen molar-refractivity contribution < 1.29 is 5.11 Å². The first-order chi connectivity index (χ1) is 8.58. The van der Waals surface area contributed by atoms with Crippen molar-refractivity contribution >= 4 is 0 Å². The van der Waals surface area contributed by atoms with E-state index in [1.165, 1.54) is 13.0 Å². The molecule has 2 nitrogen and oxygen atoms in total. The molecule has 1 aliphatic heterocycles. The molecule has 1 aromatic carbocycles. The van der Waals surface area contributed by atoms with Gasteiger partial charge in [-0.25, -0.2) is 0 Å². The summed E-state index contributed by atoms with van der Waals surface area (Å²) in [7, 11) is 0. The molecule has 0 bridgehead atoms. The number of benzene rings is 1. The fourth-order valence-corrected chi connectivity index (χ4v) is 3.09. The number of hydrogen-bond acceptors (Lipinski definition) is 2. The van der Waals surface area contributed by atoms with Crippen molar-refractivity contribution in [2.75, 3.05) is 13.1 Å². The highest BCUT2D eigenvalue weighted by atomic mass is 16.3. The van der Waals surface area contributed by atoms with Gasteiger partial charge in [-0.1, -0.05) is 44.2 Å². The summed E-state index contributed by atoms with van der Waals surface area (Å²) >= 11 is 0. The monoisotopic (exact) mass is 247 g/mol. The van der Waals surface area contributed by atoms with Crippen LogP contribution in [-0.2, 0) is 0 Å². The molecule has 1 aromatic rings. The lowest BCUT2D eigenvalue weighted by atomic mass is 9.97. The van der Waals surface area contributed by atoms with Crippen LogP contribution in [0.5, 0.6) is 0 Å². The number of aliphatic hydroxyl groups excluding tert-OH is 1. The van der Waals surface area contributed by atoms with E-state index in [1.54, 1.807) is 0 Å². The third-order valence-electron chi connectivity index (χ3n) is 4.12. The van der Waals surface area contributed by atoms with Crippen LogP contribution in [0.1, 0.15) is 38.9 Å². The summed E-state index contributed by atoms with van der Waals surface area (Å²) in [4.78, 5) is 2.52. The Morgan fingerprint density at radius 3 is 2.50 bits per heavy atom. The zero-order valence-electron chi connectivity index (χ0n) is 11.7. The lowest BCUT2D eigenvalue weighted by Gasteiger charge is -2.28. The Balaban J connectivity index is 1.94. The third-order valence-corrected chi connectivity index (χ3v) is 4.12. The molecular weight excluding hydrogens is 222 g/mol. The van der Waals surface area contributed by atoms with Gasteiger partial charge in [-0.05, 0) is 30.7 Å². The third kappa shape index (κ3) is 3.12. The summed E-state index contributed by atoms with van der Waals surface area (Å²) in [5.41, 5.74) is 1.03. The van der Waals surface area contributed by atoms with Crippen molar-refractivity contribution in [1.82, 2.24) is 4.90 Å². The molecule has 4 unspecified atom stereocenters. The molecule has 1 heterocycles. The van der Waals surface area contributed by atoms with Crippen molar-refractivity contribution in [3.63, 3.8) is 0 Å². The van der Waals surface area contributed by atoms with Crippen LogP contribution in [0.4, 0.5) is 0 Å². The van der Waals surface area contributed by atoms with Gasteiger partial charge in [-0.15, -0.1) is 0 Å². The molecule has 18 heavy (non-hydrogen) atoms. The van der Waals surface area contributed by atoms with E-state index in [2.05, 4.69) is 25.7 Å². The minimum absolute atomic E-state index is 0.278.